The highest BCUT2D eigenvalue weighted by Crippen LogP contribution is 2.35. The Morgan fingerprint density at radius 2 is 1.92 bits per heavy atom. The molecule has 3 rings (SSSR count). The SMILES string of the molecule is N#C/C(=C\c1cccc(Cl)n1)C(=O)N[C@H](c1ccccc1)C1CCCC1. The average molecular weight is 366 g/mol. The number of hydrogen-bond donors (Lipinski definition) is 1. The third kappa shape index (κ3) is 4.50. The lowest BCUT2D eigenvalue weighted by Crippen LogP contribution is -2.33. The summed E-state index contributed by atoms with van der Waals surface area (Å²) in [5, 5.41) is 12.8. The second-order valence-electron chi connectivity index (χ2n) is 6.46. The molecule has 0 radical (unpaired) electrons. The number of benzene rings is 1. The van der Waals surface area contributed by atoms with E-state index in [9.17, 15) is 10.1 Å². The lowest BCUT2D eigenvalue weighted by molar-refractivity contribution is -0.118. The summed E-state index contributed by atoms with van der Waals surface area (Å²) in [4.78, 5) is 16.9. The molecule has 2 aromatic rings. The third-order valence-electron chi connectivity index (χ3n) is 4.71. The van der Waals surface area contributed by atoms with E-state index in [4.69, 9.17) is 11.6 Å². The number of carbonyl (C=O) groups excluding carboxylic acids is 1. The van der Waals surface area contributed by atoms with Gasteiger partial charge in [0.2, 0.25) is 0 Å². The van der Waals surface area contributed by atoms with E-state index in [0.29, 0.717) is 16.8 Å². The van der Waals surface area contributed by atoms with Gasteiger partial charge in [0.1, 0.15) is 16.8 Å². The fourth-order valence-electron chi connectivity index (χ4n) is 3.44. The standard InChI is InChI=1S/C21H20ClN3O/c22-19-12-6-11-18(24-19)13-17(14-23)21(26)25-20(16-9-4-5-10-16)15-7-2-1-3-8-15/h1-3,6-8,11-13,16,20H,4-5,9-10H2,(H,25,26)/b17-13+/t20-/m1/s1. The highest BCUT2D eigenvalue weighted by Gasteiger charge is 2.28. The number of nitrogens with zero attached hydrogens (tertiary/aromatic N) is 2. The Balaban J connectivity index is 1.83. The molecule has 0 bridgehead atoms. The van der Waals surface area contributed by atoms with Gasteiger partial charge in [0, 0.05) is 0 Å². The summed E-state index contributed by atoms with van der Waals surface area (Å²) in [5.74, 6) is 0.0145. The van der Waals surface area contributed by atoms with Gasteiger partial charge in [-0.1, -0.05) is 60.8 Å². The molecule has 4 nitrogen and oxygen atoms in total. The Morgan fingerprint density at radius 1 is 1.19 bits per heavy atom. The number of nitriles is 1. The van der Waals surface area contributed by atoms with E-state index in [2.05, 4.69) is 10.3 Å². The Hall–Kier alpha value is -2.64. The highest BCUT2D eigenvalue weighted by molar-refractivity contribution is 6.29. The maximum atomic E-state index is 12.7. The minimum atomic E-state index is -0.380. The molecule has 1 heterocycles. The minimum absolute atomic E-state index is 0.0266. The van der Waals surface area contributed by atoms with Crippen LogP contribution in [0.2, 0.25) is 5.15 Å². The van der Waals surface area contributed by atoms with Crippen molar-refractivity contribution in [3.8, 4) is 6.07 Å². The maximum Gasteiger partial charge on any atom is 0.262 e. The highest BCUT2D eigenvalue weighted by atomic mass is 35.5. The maximum absolute atomic E-state index is 12.7. The smallest absolute Gasteiger partial charge is 0.262 e. The first-order valence-corrected chi connectivity index (χ1v) is 9.15. The van der Waals surface area contributed by atoms with Gasteiger partial charge < -0.3 is 5.32 Å². The molecule has 0 aliphatic heterocycles. The molecule has 26 heavy (non-hydrogen) atoms. The third-order valence-corrected chi connectivity index (χ3v) is 4.92. The molecule has 1 aliphatic carbocycles. The van der Waals surface area contributed by atoms with Crippen LogP contribution >= 0.6 is 11.6 Å². The molecule has 1 atom stereocenters. The zero-order chi connectivity index (χ0) is 18.4. The van der Waals surface area contributed by atoms with Crippen LogP contribution in [0.5, 0.6) is 0 Å². The van der Waals surface area contributed by atoms with Gasteiger partial charge in [-0.25, -0.2) is 4.98 Å². The average Bonchev–Trinajstić information content (AvgIpc) is 3.19. The Bertz CT molecular complexity index is 836. The molecule has 1 aliphatic rings. The van der Waals surface area contributed by atoms with E-state index >= 15 is 0 Å². The van der Waals surface area contributed by atoms with Gasteiger partial charge in [0.25, 0.3) is 5.91 Å². The van der Waals surface area contributed by atoms with Gasteiger partial charge in [0.15, 0.2) is 0 Å². The zero-order valence-corrected chi connectivity index (χ0v) is 15.1. The molecule has 0 unspecified atom stereocenters. The summed E-state index contributed by atoms with van der Waals surface area (Å²) >= 11 is 5.88. The normalized spacial score (nSPS) is 16.1. The molecule has 1 fully saturated rings. The Kier molecular flexibility index (Phi) is 6.04. The van der Waals surface area contributed by atoms with Gasteiger partial charge in [-0.3, -0.25) is 4.79 Å². The lowest BCUT2D eigenvalue weighted by atomic mass is 9.91. The van der Waals surface area contributed by atoms with Gasteiger partial charge in [0.05, 0.1) is 11.7 Å². The van der Waals surface area contributed by atoms with Crippen LogP contribution in [0, 0.1) is 17.2 Å². The summed E-state index contributed by atoms with van der Waals surface area (Å²) < 4.78 is 0. The van der Waals surface area contributed by atoms with Gasteiger partial charge in [-0.2, -0.15) is 5.26 Å². The van der Waals surface area contributed by atoms with E-state index in [0.717, 1.165) is 18.4 Å². The van der Waals surface area contributed by atoms with Crippen molar-refractivity contribution >= 4 is 23.6 Å². The number of halogens is 1. The fourth-order valence-corrected chi connectivity index (χ4v) is 3.61. The van der Waals surface area contributed by atoms with Crippen molar-refractivity contribution in [2.24, 2.45) is 5.92 Å². The Labute approximate surface area is 158 Å². The molecule has 1 N–H and O–H groups in total. The number of hydrogen-bond acceptors (Lipinski definition) is 3. The van der Waals surface area contributed by atoms with Crippen LogP contribution in [0.15, 0.2) is 54.1 Å². The number of amides is 1. The number of rotatable bonds is 5. The number of aromatic nitrogens is 1. The van der Waals surface area contributed by atoms with Gasteiger partial charge >= 0.3 is 0 Å². The molecule has 0 saturated heterocycles. The van der Waals surface area contributed by atoms with Crippen LogP contribution in [0.25, 0.3) is 6.08 Å². The molecular weight excluding hydrogens is 346 g/mol. The second-order valence-corrected chi connectivity index (χ2v) is 6.85. The molecule has 0 spiro atoms. The minimum Gasteiger partial charge on any atom is -0.344 e. The molecule has 1 amide bonds. The first kappa shape index (κ1) is 18.2. The predicted molar refractivity (Wildman–Crippen MR) is 102 cm³/mol. The topological polar surface area (TPSA) is 65.8 Å². The largest absolute Gasteiger partial charge is 0.344 e. The Morgan fingerprint density at radius 3 is 2.58 bits per heavy atom. The monoisotopic (exact) mass is 365 g/mol. The summed E-state index contributed by atoms with van der Waals surface area (Å²) in [6.45, 7) is 0. The van der Waals surface area contributed by atoms with Crippen LogP contribution in [0.4, 0.5) is 0 Å². The van der Waals surface area contributed by atoms with Crippen LogP contribution in [0.3, 0.4) is 0 Å². The first-order chi connectivity index (χ1) is 12.7. The van der Waals surface area contributed by atoms with E-state index < -0.39 is 0 Å². The molecule has 1 saturated carbocycles. The van der Waals surface area contributed by atoms with Gasteiger partial charge in [-0.05, 0) is 42.5 Å². The summed E-state index contributed by atoms with van der Waals surface area (Å²) in [5.41, 5.74) is 1.59. The fraction of sp³-hybridized carbons (Fsp3) is 0.286. The lowest BCUT2D eigenvalue weighted by Gasteiger charge is -2.25. The van der Waals surface area contributed by atoms with Crippen LogP contribution in [0.1, 0.15) is 43.0 Å². The van der Waals surface area contributed by atoms with Crippen molar-refractivity contribution in [2.45, 2.75) is 31.7 Å². The molecule has 1 aromatic carbocycles. The van der Waals surface area contributed by atoms with Crippen molar-refractivity contribution < 1.29 is 4.79 Å². The first-order valence-electron chi connectivity index (χ1n) is 8.77. The van der Waals surface area contributed by atoms with Crippen LogP contribution in [-0.2, 0) is 4.79 Å². The van der Waals surface area contributed by atoms with Crippen molar-refractivity contribution in [3.63, 3.8) is 0 Å². The molecular formula is C21H20ClN3O. The van der Waals surface area contributed by atoms with Crippen molar-refractivity contribution in [1.29, 1.82) is 5.26 Å². The van der Waals surface area contributed by atoms with Crippen LogP contribution < -0.4 is 5.32 Å². The van der Waals surface area contributed by atoms with Crippen molar-refractivity contribution in [3.05, 3.63) is 70.5 Å². The second kappa shape index (κ2) is 8.64. The number of carbonyl (C=O) groups is 1. The summed E-state index contributed by atoms with van der Waals surface area (Å²) in [6.07, 6.45) is 6.00. The summed E-state index contributed by atoms with van der Waals surface area (Å²) in [6, 6.07) is 16.9. The predicted octanol–water partition coefficient (Wildman–Crippen LogP) is 4.69. The molecule has 132 valence electrons. The quantitative estimate of drug-likeness (QED) is 0.475. The molecule has 1 aromatic heterocycles. The number of nitrogens with one attached hydrogen (secondary N) is 1. The van der Waals surface area contributed by atoms with Crippen molar-refractivity contribution in [2.75, 3.05) is 0 Å². The van der Waals surface area contributed by atoms with E-state index in [1.807, 2.05) is 36.4 Å². The summed E-state index contributed by atoms with van der Waals surface area (Å²) in [7, 11) is 0. The van der Waals surface area contributed by atoms with Crippen molar-refractivity contribution in [1.82, 2.24) is 10.3 Å². The zero-order valence-electron chi connectivity index (χ0n) is 14.4. The van der Waals surface area contributed by atoms with Crippen LogP contribution in [-0.4, -0.2) is 10.9 Å². The van der Waals surface area contributed by atoms with Gasteiger partial charge in [-0.15, -0.1) is 0 Å². The molecule has 5 heteroatoms. The van der Waals surface area contributed by atoms with E-state index in [-0.39, 0.29) is 17.5 Å². The van der Waals surface area contributed by atoms with E-state index in [1.165, 1.54) is 18.9 Å². The number of pyridine rings is 1. The van der Waals surface area contributed by atoms with E-state index in [1.54, 1.807) is 18.2 Å².